The average Bonchev–Trinajstić information content (AvgIpc) is 2.35. The second-order valence-electron chi connectivity index (χ2n) is 5.42. The number of halogens is 1. The van der Waals surface area contributed by atoms with Crippen molar-refractivity contribution in [3.8, 4) is 6.07 Å². The van der Waals surface area contributed by atoms with Gasteiger partial charge < -0.3 is 0 Å². The average molecular weight is 279 g/mol. The minimum absolute atomic E-state index is 0.131. The molecule has 0 aromatic heterocycles. The Morgan fingerprint density at radius 2 is 1.74 bits per heavy atom. The number of nitriles is 1. The van der Waals surface area contributed by atoms with E-state index in [-0.39, 0.29) is 5.92 Å². The number of hydrogen-bond acceptors (Lipinski definition) is 2. The smallest absolute Gasteiger partial charge is 0.0739 e. The topological polar surface area (TPSA) is 27.0 Å². The van der Waals surface area contributed by atoms with Gasteiger partial charge >= 0.3 is 0 Å². The third kappa shape index (κ3) is 4.53. The van der Waals surface area contributed by atoms with E-state index in [9.17, 15) is 5.26 Å². The second-order valence-corrected chi connectivity index (χ2v) is 5.82. The Labute approximate surface area is 122 Å². The molecule has 1 aromatic rings. The minimum Gasteiger partial charge on any atom is -0.298 e. The molecular formula is C16H23ClN2. The Kier molecular flexibility index (Phi) is 6.34. The summed E-state index contributed by atoms with van der Waals surface area (Å²) in [5.74, 6) is -0.131. The van der Waals surface area contributed by atoms with Crippen LogP contribution >= 0.6 is 11.6 Å². The predicted molar refractivity (Wildman–Crippen MR) is 81.4 cm³/mol. The highest BCUT2D eigenvalue weighted by atomic mass is 35.5. The number of benzene rings is 1. The highest BCUT2D eigenvalue weighted by Gasteiger charge is 2.18. The molecule has 0 bridgehead atoms. The third-order valence-electron chi connectivity index (χ3n) is 3.44. The Hall–Kier alpha value is -1.04. The first-order valence-corrected chi connectivity index (χ1v) is 7.25. The first-order chi connectivity index (χ1) is 8.97. The van der Waals surface area contributed by atoms with Gasteiger partial charge in [0.2, 0.25) is 0 Å². The highest BCUT2D eigenvalue weighted by molar-refractivity contribution is 6.31. The lowest BCUT2D eigenvalue weighted by Crippen LogP contribution is -2.38. The fourth-order valence-corrected chi connectivity index (χ4v) is 2.71. The lowest BCUT2D eigenvalue weighted by molar-refractivity contribution is 0.171. The van der Waals surface area contributed by atoms with Gasteiger partial charge in [0.25, 0.3) is 0 Å². The molecule has 0 unspecified atom stereocenters. The molecule has 0 aliphatic rings. The number of nitrogens with zero attached hydrogens (tertiary/aromatic N) is 2. The summed E-state index contributed by atoms with van der Waals surface area (Å²) in [6.45, 7) is 9.68. The monoisotopic (exact) mass is 278 g/mol. The molecule has 0 fully saturated rings. The normalized spacial score (nSPS) is 13.0. The SMILES string of the molecule is CC(C)N(CC[C@H](C#N)c1ccccc1Cl)C(C)C. The van der Waals surface area contributed by atoms with E-state index in [1.54, 1.807) is 0 Å². The van der Waals surface area contributed by atoms with Crippen LogP contribution in [-0.4, -0.2) is 23.5 Å². The summed E-state index contributed by atoms with van der Waals surface area (Å²) in [4.78, 5) is 2.40. The van der Waals surface area contributed by atoms with E-state index >= 15 is 0 Å². The molecule has 2 nitrogen and oxygen atoms in total. The Bertz CT molecular complexity index is 427. The van der Waals surface area contributed by atoms with Crippen LogP contribution in [0, 0.1) is 11.3 Å². The van der Waals surface area contributed by atoms with Crippen LogP contribution in [-0.2, 0) is 0 Å². The number of hydrogen-bond donors (Lipinski definition) is 0. The van der Waals surface area contributed by atoms with Gasteiger partial charge in [0.15, 0.2) is 0 Å². The predicted octanol–water partition coefficient (Wildman–Crippen LogP) is 4.46. The molecular weight excluding hydrogens is 256 g/mol. The number of rotatable bonds is 6. The van der Waals surface area contributed by atoms with Crippen molar-refractivity contribution in [1.82, 2.24) is 4.90 Å². The van der Waals surface area contributed by atoms with Crippen molar-refractivity contribution in [2.24, 2.45) is 0 Å². The van der Waals surface area contributed by atoms with Crippen molar-refractivity contribution in [2.75, 3.05) is 6.54 Å². The van der Waals surface area contributed by atoms with E-state index < -0.39 is 0 Å². The zero-order valence-corrected chi connectivity index (χ0v) is 13.0. The molecule has 1 aromatic carbocycles. The van der Waals surface area contributed by atoms with Crippen LogP contribution in [0.1, 0.15) is 45.6 Å². The molecule has 3 heteroatoms. The highest BCUT2D eigenvalue weighted by Crippen LogP contribution is 2.27. The molecule has 0 amide bonds. The van der Waals surface area contributed by atoms with Gasteiger partial charge in [-0.05, 0) is 45.7 Å². The van der Waals surface area contributed by atoms with Crippen LogP contribution in [0.5, 0.6) is 0 Å². The van der Waals surface area contributed by atoms with Crippen LogP contribution in [0.3, 0.4) is 0 Å². The zero-order valence-electron chi connectivity index (χ0n) is 12.2. The van der Waals surface area contributed by atoms with Gasteiger partial charge in [-0.2, -0.15) is 5.26 Å². The lowest BCUT2D eigenvalue weighted by atomic mass is 9.96. The molecule has 0 aliphatic heterocycles. The maximum absolute atomic E-state index is 9.37. The standard InChI is InChI=1S/C16H23ClN2/c1-12(2)19(13(3)4)10-9-14(11-18)15-7-5-6-8-16(15)17/h5-8,12-14H,9-10H2,1-4H3/t14-/m1/s1. The first kappa shape index (κ1) is 16.0. The molecule has 104 valence electrons. The molecule has 0 heterocycles. The molecule has 0 aliphatic carbocycles. The van der Waals surface area contributed by atoms with E-state index in [1.807, 2.05) is 24.3 Å². The minimum atomic E-state index is -0.131. The fraction of sp³-hybridized carbons (Fsp3) is 0.562. The summed E-state index contributed by atoms with van der Waals surface area (Å²) in [5, 5.41) is 10.1. The molecule has 0 spiro atoms. The second kappa shape index (κ2) is 7.53. The van der Waals surface area contributed by atoms with Crippen molar-refractivity contribution in [3.05, 3.63) is 34.9 Å². The quantitative estimate of drug-likeness (QED) is 0.768. The third-order valence-corrected chi connectivity index (χ3v) is 3.78. The van der Waals surface area contributed by atoms with Gasteiger partial charge in [-0.3, -0.25) is 4.90 Å². The summed E-state index contributed by atoms with van der Waals surface area (Å²) in [5.41, 5.74) is 0.944. The summed E-state index contributed by atoms with van der Waals surface area (Å²) in [7, 11) is 0. The molecule has 1 atom stereocenters. The molecule has 0 radical (unpaired) electrons. The molecule has 0 N–H and O–H groups in total. The maximum Gasteiger partial charge on any atom is 0.0739 e. The Morgan fingerprint density at radius 3 is 2.21 bits per heavy atom. The van der Waals surface area contributed by atoms with Crippen LogP contribution in [0.4, 0.5) is 0 Å². The molecule has 19 heavy (non-hydrogen) atoms. The van der Waals surface area contributed by atoms with Gasteiger partial charge in [-0.25, -0.2) is 0 Å². The van der Waals surface area contributed by atoms with Crippen molar-refractivity contribution >= 4 is 11.6 Å². The van der Waals surface area contributed by atoms with E-state index in [0.717, 1.165) is 18.5 Å². The van der Waals surface area contributed by atoms with Crippen LogP contribution < -0.4 is 0 Å². The van der Waals surface area contributed by atoms with Crippen molar-refractivity contribution < 1.29 is 0 Å². The van der Waals surface area contributed by atoms with Gasteiger partial charge in [0.1, 0.15) is 0 Å². The molecule has 0 saturated carbocycles. The van der Waals surface area contributed by atoms with Crippen LogP contribution in [0.15, 0.2) is 24.3 Å². The van der Waals surface area contributed by atoms with Gasteiger partial charge in [0, 0.05) is 23.7 Å². The van der Waals surface area contributed by atoms with Gasteiger partial charge in [-0.1, -0.05) is 29.8 Å². The van der Waals surface area contributed by atoms with E-state index in [0.29, 0.717) is 17.1 Å². The van der Waals surface area contributed by atoms with Crippen molar-refractivity contribution in [3.63, 3.8) is 0 Å². The van der Waals surface area contributed by atoms with E-state index in [4.69, 9.17) is 11.6 Å². The van der Waals surface area contributed by atoms with Crippen LogP contribution in [0.2, 0.25) is 5.02 Å². The van der Waals surface area contributed by atoms with E-state index in [2.05, 4.69) is 38.7 Å². The first-order valence-electron chi connectivity index (χ1n) is 6.87. The van der Waals surface area contributed by atoms with Gasteiger partial charge in [-0.15, -0.1) is 0 Å². The summed E-state index contributed by atoms with van der Waals surface area (Å²) < 4.78 is 0. The Balaban J connectivity index is 2.74. The summed E-state index contributed by atoms with van der Waals surface area (Å²) in [6.07, 6.45) is 0.816. The Morgan fingerprint density at radius 1 is 1.16 bits per heavy atom. The van der Waals surface area contributed by atoms with Gasteiger partial charge in [0.05, 0.1) is 12.0 Å². The van der Waals surface area contributed by atoms with E-state index in [1.165, 1.54) is 0 Å². The summed E-state index contributed by atoms with van der Waals surface area (Å²) >= 11 is 6.17. The summed E-state index contributed by atoms with van der Waals surface area (Å²) in [6, 6.07) is 11.0. The molecule has 0 saturated heterocycles. The van der Waals surface area contributed by atoms with Crippen molar-refractivity contribution in [1.29, 1.82) is 5.26 Å². The lowest BCUT2D eigenvalue weighted by Gasteiger charge is -2.31. The fourth-order valence-electron chi connectivity index (χ4n) is 2.44. The maximum atomic E-state index is 9.37. The largest absolute Gasteiger partial charge is 0.298 e. The van der Waals surface area contributed by atoms with Crippen LogP contribution in [0.25, 0.3) is 0 Å². The van der Waals surface area contributed by atoms with Crippen molar-refractivity contribution in [2.45, 2.75) is 52.1 Å². The zero-order chi connectivity index (χ0) is 14.4. The molecule has 1 rings (SSSR count).